The fourth-order valence-electron chi connectivity index (χ4n) is 4.19. The van der Waals surface area contributed by atoms with E-state index in [0.717, 1.165) is 28.9 Å². The van der Waals surface area contributed by atoms with Crippen LogP contribution in [0.5, 0.6) is 5.75 Å². The average Bonchev–Trinajstić information content (AvgIpc) is 3.60. The lowest BCUT2D eigenvalue weighted by Crippen LogP contribution is -2.38. The predicted molar refractivity (Wildman–Crippen MR) is 120 cm³/mol. The maximum absolute atomic E-state index is 12.9. The Morgan fingerprint density at radius 2 is 1.55 bits per heavy atom. The van der Waals surface area contributed by atoms with Crippen molar-refractivity contribution >= 4 is 11.8 Å². The fraction of sp³-hybridized carbons (Fsp3) is 0.231. The number of hydrogen-bond acceptors (Lipinski definition) is 3. The molecule has 1 atom stereocenters. The van der Waals surface area contributed by atoms with Gasteiger partial charge >= 0.3 is 0 Å². The highest BCUT2D eigenvalue weighted by molar-refractivity contribution is 5.89. The highest BCUT2D eigenvalue weighted by atomic mass is 16.5. The molecule has 0 aliphatic heterocycles. The molecule has 1 aliphatic carbocycles. The standard InChI is InChI=1S/C26H26N2O3/c1-31-22-14-8-9-19(15-22)17-27-24(29)18-28-25(30)23-16-26(23,20-10-4-2-5-11-20)21-12-6-3-7-13-21/h2-15,23H,16-18H2,1H3,(H,27,29)(H,28,30). The van der Waals surface area contributed by atoms with E-state index in [0.29, 0.717) is 6.54 Å². The molecule has 158 valence electrons. The van der Waals surface area contributed by atoms with Crippen molar-refractivity contribution in [2.24, 2.45) is 5.92 Å². The van der Waals surface area contributed by atoms with E-state index in [1.807, 2.05) is 60.7 Å². The molecule has 0 saturated heterocycles. The van der Waals surface area contributed by atoms with Gasteiger partial charge in [-0.2, -0.15) is 0 Å². The second-order valence-electron chi connectivity index (χ2n) is 7.81. The third-order valence-electron chi connectivity index (χ3n) is 5.90. The van der Waals surface area contributed by atoms with Crippen molar-refractivity contribution in [3.8, 4) is 5.75 Å². The van der Waals surface area contributed by atoms with Gasteiger partial charge in [0, 0.05) is 12.0 Å². The summed E-state index contributed by atoms with van der Waals surface area (Å²) >= 11 is 0. The van der Waals surface area contributed by atoms with Crippen molar-refractivity contribution in [1.29, 1.82) is 0 Å². The van der Waals surface area contributed by atoms with Crippen LogP contribution in [0, 0.1) is 5.92 Å². The van der Waals surface area contributed by atoms with Crippen molar-refractivity contribution in [3.05, 3.63) is 102 Å². The smallest absolute Gasteiger partial charge is 0.239 e. The van der Waals surface area contributed by atoms with E-state index in [1.165, 1.54) is 0 Å². The molecule has 1 fully saturated rings. The van der Waals surface area contributed by atoms with Gasteiger partial charge in [-0.3, -0.25) is 9.59 Å². The molecule has 5 nitrogen and oxygen atoms in total. The van der Waals surface area contributed by atoms with Gasteiger partial charge in [-0.1, -0.05) is 72.8 Å². The summed E-state index contributed by atoms with van der Waals surface area (Å²) in [5.41, 5.74) is 2.87. The van der Waals surface area contributed by atoms with E-state index in [4.69, 9.17) is 4.74 Å². The monoisotopic (exact) mass is 414 g/mol. The largest absolute Gasteiger partial charge is 0.497 e. The van der Waals surface area contributed by atoms with Gasteiger partial charge in [-0.25, -0.2) is 0 Å². The first-order valence-electron chi connectivity index (χ1n) is 10.4. The number of benzene rings is 3. The number of ether oxygens (including phenoxy) is 1. The first-order chi connectivity index (χ1) is 15.1. The average molecular weight is 415 g/mol. The number of nitrogens with one attached hydrogen (secondary N) is 2. The Labute approximate surface area is 182 Å². The molecule has 31 heavy (non-hydrogen) atoms. The van der Waals surface area contributed by atoms with Crippen LogP contribution in [0.15, 0.2) is 84.9 Å². The summed E-state index contributed by atoms with van der Waals surface area (Å²) in [7, 11) is 1.61. The van der Waals surface area contributed by atoms with Crippen LogP contribution < -0.4 is 15.4 Å². The second kappa shape index (κ2) is 9.04. The lowest BCUT2D eigenvalue weighted by Gasteiger charge is -2.19. The molecule has 0 bridgehead atoms. The van der Waals surface area contributed by atoms with Gasteiger partial charge in [-0.15, -0.1) is 0 Å². The van der Waals surface area contributed by atoms with Crippen molar-refractivity contribution in [2.45, 2.75) is 18.4 Å². The first kappa shape index (κ1) is 20.7. The molecule has 2 amide bonds. The van der Waals surface area contributed by atoms with E-state index in [9.17, 15) is 9.59 Å². The molecule has 1 aliphatic rings. The topological polar surface area (TPSA) is 67.4 Å². The van der Waals surface area contributed by atoms with E-state index < -0.39 is 0 Å². The third kappa shape index (κ3) is 4.45. The molecular formula is C26H26N2O3. The molecule has 0 radical (unpaired) electrons. The number of carbonyl (C=O) groups excluding carboxylic acids is 2. The molecule has 1 unspecified atom stereocenters. The van der Waals surface area contributed by atoms with Crippen molar-refractivity contribution in [1.82, 2.24) is 10.6 Å². The van der Waals surface area contributed by atoms with E-state index in [2.05, 4.69) is 34.9 Å². The summed E-state index contributed by atoms with van der Waals surface area (Å²) < 4.78 is 5.20. The van der Waals surface area contributed by atoms with Crippen molar-refractivity contribution in [3.63, 3.8) is 0 Å². The minimum atomic E-state index is -0.330. The van der Waals surface area contributed by atoms with Crippen molar-refractivity contribution < 1.29 is 14.3 Å². The summed E-state index contributed by atoms with van der Waals surface area (Å²) in [6.45, 7) is 0.340. The third-order valence-corrected chi connectivity index (χ3v) is 5.90. The molecule has 0 aromatic heterocycles. The summed E-state index contributed by atoms with van der Waals surface area (Å²) in [6, 6.07) is 27.8. The molecule has 2 N–H and O–H groups in total. The van der Waals surface area contributed by atoms with Crippen LogP contribution in [-0.2, 0) is 21.5 Å². The Morgan fingerprint density at radius 3 is 2.16 bits per heavy atom. The van der Waals surface area contributed by atoms with Crippen LogP contribution in [0.2, 0.25) is 0 Å². The number of rotatable bonds is 8. The van der Waals surface area contributed by atoms with E-state index >= 15 is 0 Å². The van der Waals surface area contributed by atoms with Crippen LogP contribution in [0.25, 0.3) is 0 Å². The second-order valence-corrected chi connectivity index (χ2v) is 7.81. The SMILES string of the molecule is COc1cccc(CNC(=O)CNC(=O)C2CC2(c2ccccc2)c2ccccc2)c1. The number of methoxy groups -OCH3 is 1. The minimum absolute atomic E-state index is 0.0427. The normalized spacial score (nSPS) is 16.2. The maximum Gasteiger partial charge on any atom is 0.239 e. The number of carbonyl (C=O) groups is 2. The Bertz CT molecular complexity index is 1010. The zero-order valence-electron chi connectivity index (χ0n) is 17.5. The highest BCUT2D eigenvalue weighted by Crippen LogP contribution is 2.58. The maximum atomic E-state index is 12.9. The van der Waals surface area contributed by atoms with Crippen molar-refractivity contribution in [2.75, 3.05) is 13.7 Å². The minimum Gasteiger partial charge on any atom is -0.497 e. The van der Waals surface area contributed by atoms with Crippen LogP contribution in [0.1, 0.15) is 23.1 Å². The quantitative estimate of drug-likeness (QED) is 0.593. The van der Waals surface area contributed by atoms with Gasteiger partial charge in [0.25, 0.3) is 0 Å². The number of amides is 2. The summed E-state index contributed by atoms with van der Waals surface area (Å²) in [6.07, 6.45) is 0.734. The van der Waals surface area contributed by atoms with Gasteiger partial charge < -0.3 is 15.4 Å². The zero-order valence-corrected chi connectivity index (χ0v) is 17.5. The lowest BCUT2D eigenvalue weighted by molar-refractivity contribution is -0.127. The molecule has 3 aromatic rings. The molecule has 4 rings (SSSR count). The van der Waals surface area contributed by atoms with Crippen LogP contribution in [0.3, 0.4) is 0 Å². The Kier molecular flexibility index (Phi) is 6.03. The summed E-state index contributed by atoms with van der Waals surface area (Å²) in [5.74, 6) is 0.238. The molecule has 0 heterocycles. The van der Waals surface area contributed by atoms with Gasteiger partial charge in [0.1, 0.15) is 5.75 Å². The van der Waals surface area contributed by atoms with Crippen LogP contribution in [0.4, 0.5) is 0 Å². The molecule has 3 aromatic carbocycles. The van der Waals surface area contributed by atoms with Gasteiger partial charge in [0.2, 0.25) is 11.8 Å². The Hall–Kier alpha value is -3.60. The van der Waals surface area contributed by atoms with Gasteiger partial charge in [0.05, 0.1) is 19.6 Å². The molecule has 1 saturated carbocycles. The van der Waals surface area contributed by atoms with Gasteiger partial charge in [-0.05, 0) is 35.2 Å². The number of hydrogen-bond donors (Lipinski definition) is 2. The molecule has 0 spiro atoms. The van der Waals surface area contributed by atoms with E-state index in [-0.39, 0.29) is 29.7 Å². The highest BCUT2D eigenvalue weighted by Gasteiger charge is 2.60. The molecule has 5 heteroatoms. The van der Waals surface area contributed by atoms with Gasteiger partial charge in [0.15, 0.2) is 0 Å². The van der Waals surface area contributed by atoms with Crippen LogP contribution in [-0.4, -0.2) is 25.5 Å². The zero-order chi connectivity index (χ0) is 21.7. The Balaban J connectivity index is 1.37. The predicted octanol–water partition coefficient (Wildman–Crippen LogP) is 3.43. The first-order valence-corrected chi connectivity index (χ1v) is 10.4. The lowest BCUT2D eigenvalue weighted by atomic mass is 9.85. The summed E-state index contributed by atoms with van der Waals surface area (Å²) in [4.78, 5) is 25.2. The van der Waals surface area contributed by atoms with Crippen LogP contribution >= 0.6 is 0 Å². The molecular weight excluding hydrogens is 388 g/mol. The van der Waals surface area contributed by atoms with E-state index in [1.54, 1.807) is 7.11 Å². The summed E-state index contributed by atoms with van der Waals surface area (Å²) in [5, 5.41) is 5.66. The Morgan fingerprint density at radius 1 is 0.903 bits per heavy atom. The fourth-order valence-corrected chi connectivity index (χ4v) is 4.19.